The number of rotatable bonds is 7. The zero-order valence-electron chi connectivity index (χ0n) is 37.0. The maximum absolute atomic E-state index is 6.33. The van der Waals surface area contributed by atoms with Crippen LogP contribution in [0.3, 0.4) is 0 Å². The SMILES string of the molecule is c1ccc(-c2ccc3c(c2)c2cccc(-c4cccc(-c5cccc6sc7ccccc7c56)c4)c2n3-c2cccc(-c3nc(-c4ccccc4)nc(-c4ccc5c(c4)oc4ccccc45)n3)c2)cc1. The molecule has 0 atom stereocenters. The Bertz CT molecular complexity index is 4320. The number of fused-ring (bicyclic) bond motifs is 9. The zero-order chi connectivity index (χ0) is 45.4. The van der Waals surface area contributed by atoms with E-state index in [1.54, 1.807) is 0 Å². The van der Waals surface area contributed by atoms with Crippen LogP contribution < -0.4 is 0 Å². The van der Waals surface area contributed by atoms with E-state index in [0.29, 0.717) is 17.5 Å². The first-order valence-electron chi connectivity index (χ1n) is 23.2. The molecule has 0 saturated heterocycles. The van der Waals surface area contributed by atoms with Crippen LogP contribution in [0.25, 0.3) is 137 Å². The normalized spacial score (nSPS) is 11.8. The Morgan fingerprint density at radius 2 is 0.913 bits per heavy atom. The first-order valence-corrected chi connectivity index (χ1v) is 24.0. The van der Waals surface area contributed by atoms with Crippen LogP contribution in [0.1, 0.15) is 0 Å². The fourth-order valence-electron chi connectivity index (χ4n) is 10.2. The number of nitrogens with zero attached hydrogens (tertiary/aromatic N) is 4. The first-order chi connectivity index (χ1) is 34.2. The Hall–Kier alpha value is -8.97. The van der Waals surface area contributed by atoms with E-state index in [4.69, 9.17) is 19.4 Å². The van der Waals surface area contributed by atoms with E-state index in [9.17, 15) is 0 Å². The average molecular weight is 899 g/mol. The van der Waals surface area contributed by atoms with E-state index >= 15 is 0 Å². The predicted octanol–water partition coefficient (Wildman–Crippen LogP) is 17.2. The molecule has 0 radical (unpaired) electrons. The van der Waals surface area contributed by atoms with Crippen molar-refractivity contribution in [2.45, 2.75) is 0 Å². The molecule has 322 valence electrons. The molecule has 0 N–H and O–H groups in total. The summed E-state index contributed by atoms with van der Waals surface area (Å²) in [5, 5.41) is 7.10. The summed E-state index contributed by atoms with van der Waals surface area (Å²) in [5.41, 5.74) is 14.6. The minimum Gasteiger partial charge on any atom is -0.456 e. The minimum absolute atomic E-state index is 0.574. The van der Waals surface area contributed by atoms with E-state index in [0.717, 1.165) is 66.5 Å². The lowest BCUT2D eigenvalue weighted by Gasteiger charge is -2.14. The molecule has 14 aromatic rings. The maximum Gasteiger partial charge on any atom is 0.164 e. The highest BCUT2D eigenvalue weighted by molar-refractivity contribution is 7.25. The van der Waals surface area contributed by atoms with Crippen molar-refractivity contribution in [2.24, 2.45) is 0 Å². The Labute approximate surface area is 400 Å². The van der Waals surface area contributed by atoms with Crippen LogP contribution >= 0.6 is 11.3 Å². The van der Waals surface area contributed by atoms with Gasteiger partial charge in [-0.25, -0.2) is 15.0 Å². The van der Waals surface area contributed by atoms with Gasteiger partial charge >= 0.3 is 0 Å². The Morgan fingerprint density at radius 3 is 1.75 bits per heavy atom. The molecule has 0 amide bonds. The molecule has 0 bridgehead atoms. The zero-order valence-corrected chi connectivity index (χ0v) is 37.9. The largest absolute Gasteiger partial charge is 0.456 e. The molecule has 0 aliphatic rings. The molecule has 4 aromatic heterocycles. The summed E-state index contributed by atoms with van der Waals surface area (Å²) in [6.45, 7) is 0. The van der Waals surface area contributed by atoms with E-state index in [-0.39, 0.29) is 0 Å². The molecule has 0 aliphatic carbocycles. The molecule has 6 heteroatoms. The van der Waals surface area contributed by atoms with E-state index in [2.05, 4.69) is 180 Å². The molecule has 4 heterocycles. The molecule has 0 unspecified atom stereocenters. The number of para-hydroxylation sites is 2. The van der Waals surface area contributed by atoms with Crippen LogP contribution in [0, 0.1) is 0 Å². The highest BCUT2D eigenvalue weighted by Gasteiger charge is 2.21. The number of benzene rings is 10. The molecule has 69 heavy (non-hydrogen) atoms. The molecule has 0 fully saturated rings. The molecule has 0 saturated carbocycles. The van der Waals surface area contributed by atoms with Crippen LogP contribution in [-0.2, 0) is 0 Å². The van der Waals surface area contributed by atoms with Crippen LogP contribution in [0.5, 0.6) is 0 Å². The second-order valence-electron chi connectivity index (χ2n) is 17.5. The third-order valence-corrected chi connectivity index (χ3v) is 14.6. The first kappa shape index (κ1) is 39.2. The van der Waals surface area contributed by atoms with Gasteiger partial charge in [-0.05, 0) is 88.5 Å². The van der Waals surface area contributed by atoms with Gasteiger partial charge in [0.2, 0.25) is 0 Å². The summed E-state index contributed by atoms with van der Waals surface area (Å²) in [6.07, 6.45) is 0. The summed E-state index contributed by atoms with van der Waals surface area (Å²) < 4.78 is 11.4. The lowest BCUT2D eigenvalue weighted by molar-refractivity contribution is 0.669. The molecule has 0 aliphatic heterocycles. The van der Waals surface area contributed by atoms with Crippen molar-refractivity contribution < 1.29 is 4.42 Å². The van der Waals surface area contributed by atoms with E-state index in [1.165, 1.54) is 53.2 Å². The van der Waals surface area contributed by atoms with Crippen LogP contribution in [0.2, 0.25) is 0 Å². The standard InChI is InChI=1S/C63H38N4OS/c1-3-15-39(16-4-1)41-32-34-54-53(37-41)51-27-13-26-48(43-20-11-19-42(35-43)47-25-14-30-58-59(47)52-24-8-10-29-57(52)69-58)60(51)67(54)46-22-12-21-44(36-46)62-64-61(40-17-5-2-6-18-40)65-63(66-62)45-31-33-50-49-23-7-9-28-55(49)68-56(50)38-45/h1-38H. The molecule has 0 spiro atoms. The second-order valence-corrected chi connectivity index (χ2v) is 18.6. The van der Waals surface area contributed by atoms with Gasteiger partial charge < -0.3 is 8.98 Å². The van der Waals surface area contributed by atoms with Gasteiger partial charge in [-0.2, -0.15) is 0 Å². The Kier molecular flexibility index (Phi) is 9.00. The quantitative estimate of drug-likeness (QED) is 0.160. The predicted molar refractivity (Wildman–Crippen MR) is 287 cm³/mol. The fraction of sp³-hybridized carbons (Fsp3) is 0. The van der Waals surface area contributed by atoms with Gasteiger partial charge in [-0.3, -0.25) is 0 Å². The van der Waals surface area contributed by atoms with Crippen molar-refractivity contribution in [3.05, 3.63) is 231 Å². The number of furan rings is 1. The summed E-state index contributed by atoms with van der Waals surface area (Å²) in [7, 11) is 0. The van der Waals surface area contributed by atoms with Gasteiger partial charge in [0, 0.05) is 69.7 Å². The smallest absolute Gasteiger partial charge is 0.164 e. The summed E-state index contributed by atoms with van der Waals surface area (Å²) in [6, 6.07) is 81.9. The molecule has 14 rings (SSSR count). The van der Waals surface area contributed by atoms with Crippen LogP contribution in [0.4, 0.5) is 0 Å². The van der Waals surface area contributed by atoms with Gasteiger partial charge in [-0.1, -0.05) is 170 Å². The average Bonchev–Trinajstić information content (AvgIpc) is 4.10. The Morgan fingerprint density at radius 1 is 0.333 bits per heavy atom. The molecule has 10 aromatic carbocycles. The maximum atomic E-state index is 6.33. The summed E-state index contributed by atoms with van der Waals surface area (Å²) >= 11 is 1.85. The Balaban J connectivity index is 0.966. The van der Waals surface area contributed by atoms with E-state index in [1.807, 2.05) is 65.9 Å². The second kappa shape index (κ2) is 15.8. The lowest BCUT2D eigenvalue weighted by atomic mass is 9.95. The number of thiophene rings is 1. The molecular weight excluding hydrogens is 861 g/mol. The fourth-order valence-corrected chi connectivity index (χ4v) is 11.4. The molecular formula is C63H38N4OS. The van der Waals surface area contributed by atoms with Gasteiger partial charge in [0.25, 0.3) is 0 Å². The highest BCUT2D eigenvalue weighted by Crippen LogP contribution is 2.44. The van der Waals surface area contributed by atoms with Crippen molar-refractivity contribution in [3.8, 4) is 73.2 Å². The summed E-state index contributed by atoms with van der Waals surface area (Å²) in [5.74, 6) is 1.76. The van der Waals surface area contributed by atoms with Gasteiger partial charge in [0.1, 0.15) is 11.2 Å². The topological polar surface area (TPSA) is 56.7 Å². The number of hydrogen-bond acceptors (Lipinski definition) is 5. The third kappa shape index (κ3) is 6.56. The lowest BCUT2D eigenvalue weighted by Crippen LogP contribution is -2.01. The van der Waals surface area contributed by atoms with Crippen LogP contribution in [-0.4, -0.2) is 19.5 Å². The van der Waals surface area contributed by atoms with E-state index < -0.39 is 0 Å². The number of aromatic nitrogens is 4. The monoisotopic (exact) mass is 898 g/mol. The van der Waals surface area contributed by atoms with Crippen LogP contribution in [0.15, 0.2) is 235 Å². The minimum atomic E-state index is 0.574. The number of hydrogen-bond donors (Lipinski definition) is 0. The van der Waals surface area contributed by atoms with Gasteiger partial charge in [-0.15, -0.1) is 11.3 Å². The highest BCUT2D eigenvalue weighted by atomic mass is 32.1. The molecule has 5 nitrogen and oxygen atoms in total. The van der Waals surface area contributed by atoms with Crippen molar-refractivity contribution in [3.63, 3.8) is 0 Å². The summed E-state index contributed by atoms with van der Waals surface area (Å²) in [4.78, 5) is 15.5. The van der Waals surface area contributed by atoms with Gasteiger partial charge in [0.05, 0.1) is 11.0 Å². The van der Waals surface area contributed by atoms with Crippen molar-refractivity contribution in [1.82, 2.24) is 19.5 Å². The van der Waals surface area contributed by atoms with Gasteiger partial charge in [0.15, 0.2) is 17.5 Å². The van der Waals surface area contributed by atoms with Crippen molar-refractivity contribution in [1.29, 1.82) is 0 Å². The third-order valence-electron chi connectivity index (χ3n) is 13.4. The van der Waals surface area contributed by atoms with Crippen molar-refractivity contribution >= 4 is 75.3 Å². The van der Waals surface area contributed by atoms with Crippen molar-refractivity contribution in [2.75, 3.05) is 0 Å².